The maximum absolute atomic E-state index is 13.2. The quantitative estimate of drug-likeness (QED) is 0.646. The molecule has 0 radical (unpaired) electrons. The number of hydrogen-bond acceptors (Lipinski definition) is 3. The molecule has 0 fully saturated rings. The van der Waals surface area contributed by atoms with Gasteiger partial charge in [0, 0.05) is 5.22 Å². The van der Waals surface area contributed by atoms with Crippen LogP contribution in [0.3, 0.4) is 0 Å². The summed E-state index contributed by atoms with van der Waals surface area (Å²) in [7, 11) is 0. The van der Waals surface area contributed by atoms with Gasteiger partial charge in [-0.15, -0.1) is 0 Å². The lowest BCUT2D eigenvalue weighted by Crippen LogP contribution is -2.23. The van der Waals surface area contributed by atoms with E-state index >= 15 is 0 Å². The Morgan fingerprint density at radius 2 is 2.11 bits per heavy atom. The maximum atomic E-state index is 13.2. The van der Waals surface area contributed by atoms with E-state index in [1.165, 1.54) is 18.2 Å². The molecule has 0 bridgehead atoms. The van der Waals surface area contributed by atoms with Crippen LogP contribution in [0.2, 0.25) is 0 Å². The molecule has 0 unspecified atom stereocenters. The molecule has 3 N–H and O–H groups in total. The van der Waals surface area contributed by atoms with Crippen LogP contribution in [0.1, 0.15) is 5.69 Å². The van der Waals surface area contributed by atoms with Crippen LogP contribution in [0, 0.1) is 10.6 Å². The molecule has 1 amide bonds. The average molecular weight is 263 g/mol. The molecule has 0 spiro atoms. The number of nitrogens with zero attached hydrogens (tertiary/aromatic N) is 1. The van der Waals surface area contributed by atoms with E-state index in [0.29, 0.717) is 10.6 Å². The van der Waals surface area contributed by atoms with Crippen molar-refractivity contribution in [3.63, 3.8) is 0 Å². The zero-order valence-electron chi connectivity index (χ0n) is 8.82. The van der Waals surface area contributed by atoms with Gasteiger partial charge < -0.3 is 15.1 Å². The zero-order valence-corrected chi connectivity index (χ0v) is 9.64. The summed E-state index contributed by atoms with van der Waals surface area (Å²) < 4.78 is 13.4. The third-order valence-electron chi connectivity index (χ3n) is 2.62. The highest BCUT2D eigenvalue weighted by Crippen LogP contribution is 2.21. The maximum Gasteiger partial charge on any atom is 0.280 e. The smallest absolute Gasteiger partial charge is 0.280 e. The van der Waals surface area contributed by atoms with Gasteiger partial charge in [0.1, 0.15) is 11.5 Å². The molecule has 1 aliphatic heterocycles. The van der Waals surface area contributed by atoms with E-state index in [-0.39, 0.29) is 21.9 Å². The number of nitrogens with one attached hydrogen (secondary N) is 2. The lowest BCUT2D eigenvalue weighted by atomic mass is 10.1. The molecule has 90 valence electrons. The van der Waals surface area contributed by atoms with Gasteiger partial charge in [0.15, 0.2) is 4.77 Å². The van der Waals surface area contributed by atoms with Gasteiger partial charge in [-0.1, -0.05) is 0 Å². The summed E-state index contributed by atoms with van der Waals surface area (Å²) in [6.45, 7) is 0. The molecule has 1 aromatic carbocycles. The highest BCUT2D eigenvalue weighted by molar-refractivity contribution is 7.71. The molecule has 0 saturated heterocycles. The Labute approximate surface area is 104 Å². The Morgan fingerprint density at radius 3 is 2.78 bits per heavy atom. The second-order valence-electron chi connectivity index (χ2n) is 3.76. The second-order valence-corrected chi connectivity index (χ2v) is 4.16. The van der Waals surface area contributed by atoms with Crippen molar-refractivity contribution in [3.05, 3.63) is 45.1 Å². The molecule has 0 aliphatic carbocycles. The summed E-state index contributed by atoms with van der Waals surface area (Å²) in [5, 5.41) is 10.3. The molecule has 1 aliphatic rings. The van der Waals surface area contributed by atoms with Gasteiger partial charge in [-0.25, -0.2) is 9.38 Å². The van der Waals surface area contributed by atoms with Gasteiger partial charge in [0.25, 0.3) is 5.91 Å². The molecule has 5 nitrogen and oxygen atoms in total. The lowest BCUT2D eigenvalue weighted by Gasteiger charge is -1.96. The van der Waals surface area contributed by atoms with Crippen LogP contribution in [0.15, 0.2) is 23.2 Å². The van der Waals surface area contributed by atoms with Crippen molar-refractivity contribution in [2.75, 3.05) is 0 Å². The van der Waals surface area contributed by atoms with Gasteiger partial charge in [-0.3, -0.25) is 4.79 Å². The van der Waals surface area contributed by atoms with Crippen molar-refractivity contribution < 1.29 is 14.3 Å². The fourth-order valence-corrected chi connectivity index (χ4v) is 2.08. The predicted octanol–water partition coefficient (Wildman–Crippen LogP) is 0.276. The minimum atomic E-state index is -0.545. The molecule has 7 heteroatoms. The normalized spacial score (nSPS) is 13.6. The number of carbonyl (C=O) groups excluding carboxylic acids is 1. The average Bonchev–Trinajstić information content (AvgIpc) is 2.77. The third kappa shape index (κ3) is 1.48. The first-order valence-corrected chi connectivity index (χ1v) is 5.41. The monoisotopic (exact) mass is 263 g/mol. The molecule has 18 heavy (non-hydrogen) atoms. The summed E-state index contributed by atoms with van der Waals surface area (Å²) >= 11 is 4.82. The lowest BCUT2D eigenvalue weighted by molar-refractivity contribution is -0.112. The van der Waals surface area contributed by atoms with E-state index in [1.54, 1.807) is 0 Å². The van der Waals surface area contributed by atoms with E-state index in [2.05, 4.69) is 15.0 Å². The van der Waals surface area contributed by atoms with Gasteiger partial charge in [-0.05, 0) is 30.4 Å². The van der Waals surface area contributed by atoms with Gasteiger partial charge in [-0.2, -0.15) is 0 Å². The highest BCUT2D eigenvalue weighted by atomic mass is 32.1. The number of hydrogen-bond donors (Lipinski definition) is 3. The number of aromatic amines is 2. The van der Waals surface area contributed by atoms with Crippen LogP contribution in [-0.2, 0) is 4.79 Å². The number of imidazole rings is 1. The highest BCUT2D eigenvalue weighted by Gasteiger charge is 2.23. The number of benzene rings is 1. The number of H-pyrrole nitrogens is 2. The van der Waals surface area contributed by atoms with Crippen molar-refractivity contribution in [1.29, 1.82) is 0 Å². The Hall–Kier alpha value is -2.28. The SMILES string of the molecule is O=C1N=c2ccc(F)cc2=C1c1[nH]c(=S)[nH]c1O. The van der Waals surface area contributed by atoms with Crippen molar-refractivity contribution in [2.24, 2.45) is 4.99 Å². The number of halogens is 1. The second kappa shape index (κ2) is 3.61. The first-order chi connectivity index (χ1) is 8.56. The van der Waals surface area contributed by atoms with E-state index in [9.17, 15) is 14.3 Å². The summed E-state index contributed by atoms with van der Waals surface area (Å²) in [5.74, 6) is -1.29. The summed E-state index contributed by atoms with van der Waals surface area (Å²) in [5.41, 5.74) is 0.229. The van der Waals surface area contributed by atoms with E-state index < -0.39 is 11.7 Å². The van der Waals surface area contributed by atoms with Gasteiger partial charge in [0.05, 0.1) is 10.9 Å². The van der Waals surface area contributed by atoms with E-state index in [4.69, 9.17) is 12.2 Å². The van der Waals surface area contributed by atoms with Crippen LogP contribution in [0.4, 0.5) is 4.39 Å². The van der Waals surface area contributed by atoms with Crippen LogP contribution in [0.25, 0.3) is 5.57 Å². The van der Waals surface area contributed by atoms with Crippen LogP contribution >= 0.6 is 12.2 Å². The van der Waals surface area contributed by atoms with Crippen LogP contribution < -0.4 is 10.6 Å². The molecule has 2 aromatic rings. The molecule has 2 heterocycles. The molecule has 3 rings (SSSR count). The minimum Gasteiger partial charge on any atom is -0.493 e. The number of carbonyl (C=O) groups is 1. The fraction of sp³-hybridized carbons (Fsp3) is 0. The summed E-state index contributed by atoms with van der Waals surface area (Å²) in [4.78, 5) is 20.7. The molecular weight excluding hydrogens is 257 g/mol. The summed E-state index contributed by atoms with van der Waals surface area (Å²) in [6, 6.07) is 3.83. The third-order valence-corrected chi connectivity index (χ3v) is 2.83. The van der Waals surface area contributed by atoms with Crippen LogP contribution in [-0.4, -0.2) is 21.0 Å². The Bertz CT molecular complexity index is 850. The molecule has 0 saturated carbocycles. The van der Waals surface area contributed by atoms with Gasteiger partial charge in [0.2, 0.25) is 5.88 Å². The number of amides is 1. The molecule has 0 atom stereocenters. The van der Waals surface area contributed by atoms with Crippen molar-refractivity contribution >= 4 is 23.7 Å². The van der Waals surface area contributed by atoms with Crippen molar-refractivity contribution in [1.82, 2.24) is 9.97 Å². The van der Waals surface area contributed by atoms with Gasteiger partial charge >= 0.3 is 0 Å². The standard InChI is InChI=1S/C11H6FN3O2S/c12-4-1-2-6-5(3-4)7(9(16)13-6)8-10(17)15-11(18)14-8/h1-3,17H,(H2,14,15,18). The zero-order chi connectivity index (χ0) is 12.9. The number of fused-ring (bicyclic) bond motifs is 1. The Morgan fingerprint density at radius 1 is 1.33 bits per heavy atom. The number of aromatic hydroxyl groups is 1. The van der Waals surface area contributed by atoms with E-state index in [1.807, 2.05) is 0 Å². The largest absolute Gasteiger partial charge is 0.493 e. The number of rotatable bonds is 1. The minimum absolute atomic E-state index is 0.106. The van der Waals surface area contributed by atoms with E-state index in [0.717, 1.165) is 0 Å². The fourth-order valence-electron chi connectivity index (χ4n) is 1.88. The van der Waals surface area contributed by atoms with Crippen molar-refractivity contribution in [2.45, 2.75) is 0 Å². The first-order valence-electron chi connectivity index (χ1n) is 5.01. The molecule has 1 aromatic heterocycles. The first kappa shape index (κ1) is 10.8. The predicted molar refractivity (Wildman–Crippen MR) is 62.3 cm³/mol. The molecular formula is C11H6FN3O2S. The summed E-state index contributed by atoms with van der Waals surface area (Å²) in [6.07, 6.45) is 0. The topological polar surface area (TPSA) is 81.2 Å². The Balaban J connectivity index is 2.45. The van der Waals surface area contributed by atoms with Crippen molar-refractivity contribution in [3.8, 4) is 5.88 Å². The Kier molecular flexibility index (Phi) is 2.17. The van der Waals surface area contributed by atoms with Crippen LogP contribution in [0.5, 0.6) is 5.88 Å². The number of aromatic nitrogens is 2.